The molecule has 0 fully saturated rings. The van der Waals surface area contributed by atoms with E-state index in [-0.39, 0.29) is 24.4 Å². The van der Waals surface area contributed by atoms with Crippen LogP contribution < -0.4 is 10.1 Å². The first-order chi connectivity index (χ1) is 16.1. The molecule has 3 aromatic rings. The Labute approximate surface area is 200 Å². The minimum absolute atomic E-state index is 0.188. The van der Waals surface area contributed by atoms with Gasteiger partial charge in [0.25, 0.3) is 5.91 Å². The van der Waals surface area contributed by atoms with Crippen molar-refractivity contribution in [3.63, 3.8) is 0 Å². The van der Waals surface area contributed by atoms with Crippen LogP contribution in [0.15, 0.2) is 49.3 Å². The molecular formula is C24H31N5O4Si. The first-order valence-corrected chi connectivity index (χ1v) is 14.6. The van der Waals surface area contributed by atoms with Gasteiger partial charge in [-0.15, -0.1) is 0 Å². The summed E-state index contributed by atoms with van der Waals surface area (Å²) in [6.07, 6.45) is 4.41. The number of nitrogens with one attached hydrogen (secondary N) is 1. The molecule has 2 heterocycles. The monoisotopic (exact) mass is 481 g/mol. The number of aromatic nitrogens is 3. The van der Waals surface area contributed by atoms with Gasteiger partial charge in [-0.2, -0.15) is 0 Å². The number of fused-ring (bicyclic) bond motifs is 1. The lowest BCUT2D eigenvalue weighted by molar-refractivity contribution is -0.111. The fourth-order valence-electron chi connectivity index (χ4n) is 3.07. The molecule has 0 bridgehead atoms. The number of amides is 2. The largest absolute Gasteiger partial charge is 0.437 e. The fraction of sp³-hybridized carbons (Fsp3) is 0.333. The van der Waals surface area contributed by atoms with E-state index >= 15 is 0 Å². The summed E-state index contributed by atoms with van der Waals surface area (Å²) in [5.41, 5.74) is 1.94. The Bertz CT molecular complexity index is 1200. The van der Waals surface area contributed by atoms with Gasteiger partial charge in [-0.1, -0.05) is 32.3 Å². The average Bonchev–Trinajstić information content (AvgIpc) is 3.13. The number of carbonyl (C=O) groups is 2. The summed E-state index contributed by atoms with van der Waals surface area (Å²) < 4.78 is 13.5. The van der Waals surface area contributed by atoms with Crippen molar-refractivity contribution in [3.05, 3.63) is 54.9 Å². The third-order valence-electron chi connectivity index (χ3n) is 4.92. The van der Waals surface area contributed by atoms with Crippen LogP contribution in [0.4, 0.5) is 5.69 Å². The van der Waals surface area contributed by atoms with Crippen molar-refractivity contribution in [1.82, 2.24) is 19.4 Å². The number of benzene rings is 1. The van der Waals surface area contributed by atoms with Gasteiger partial charge in [0.1, 0.15) is 18.0 Å². The number of hydrogen-bond donors (Lipinski definition) is 1. The van der Waals surface area contributed by atoms with Crippen molar-refractivity contribution < 1.29 is 19.1 Å². The minimum Gasteiger partial charge on any atom is -0.437 e. The molecule has 0 saturated carbocycles. The molecule has 9 nitrogen and oxygen atoms in total. The topological polar surface area (TPSA) is 98.6 Å². The molecule has 0 aliphatic rings. The van der Waals surface area contributed by atoms with E-state index in [2.05, 4.69) is 41.5 Å². The van der Waals surface area contributed by atoms with E-state index in [1.165, 1.54) is 17.2 Å². The molecule has 0 unspecified atom stereocenters. The van der Waals surface area contributed by atoms with Crippen LogP contribution in [0.5, 0.6) is 11.6 Å². The molecule has 34 heavy (non-hydrogen) atoms. The van der Waals surface area contributed by atoms with Crippen LogP contribution in [-0.2, 0) is 16.3 Å². The first kappa shape index (κ1) is 25.1. The molecule has 0 atom stereocenters. The van der Waals surface area contributed by atoms with E-state index in [0.29, 0.717) is 34.8 Å². The van der Waals surface area contributed by atoms with Gasteiger partial charge in [0.05, 0.1) is 11.8 Å². The summed E-state index contributed by atoms with van der Waals surface area (Å²) in [5, 5.41) is 2.68. The number of rotatable bonds is 10. The lowest BCUT2D eigenvalue weighted by Gasteiger charge is -2.15. The molecule has 2 amide bonds. The molecule has 0 radical (unpaired) electrons. The van der Waals surface area contributed by atoms with Crippen molar-refractivity contribution >= 4 is 36.7 Å². The Morgan fingerprint density at radius 3 is 2.71 bits per heavy atom. The van der Waals surface area contributed by atoms with E-state index in [0.717, 1.165) is 6.04 Å². The Morgan fingerprint density at radius 1 is 1.26 bits per heavy atom. The van der Waals surface area contributed by atoms with Crippen LogP contribution in [0.1, 0.15) is 10.4 Å². The van der Waals surface area contributed by atoms with Crippen LogP contribution in [0, 0.1) is 0 Å². The van der Waals surface area contributed by atoms with Crippen molar-refractivity contribution in [2.24, 2.45) is 0 Å². The highest BCUT2D eigenvalue weighted by molar-refractivity contribution is 6.76. The smallest absolute Gasteiger partial charge is 0.257 e. The molecular weight excluding hydrogens is 450 g/mol. The van der Waals surface area contributed by atoms with Crippen molar-refractivity contribution in [1.29, 1.82) is 0 Å². The van der Waals surface area contributed by atoms with Crippen LogP contribution in [0.3, 0.4) is 0 Å². The van der Waals surface area contributed by atoms with Gasteiger partial charge in [0.2, 0.25) is 11.8 Å². The second-order valence-electron chi connectivity index (χ2n) is 9.26. The molecule has 0 saturated heterocycles. The average molecular weight is 482 g/mol. The SMILES string of the molecule is C=CC(=O)Nc1cccc(Oc2cnc3c(n2)c(C(=O)N(C)C)cn3COCC[Si](C)(C)C)c1. The summed E-state index contributed by atoms with van der Waals surface area (Å²) in [6, 6.07) is 7.93. The van der Waals surface area contributed by atoms with Gasteiger partial charge in [-0.25, -0.2) is 9.97 Å². The summed E-state index contributed by atoms with van der Waals surface area (Å²) in [7, 11) is 2.17. The van der Waals surface area contributed by atoms with E-state index in [9.17, 15) is 9.59 Å². The number of anilines is 1. The second-order valence-corrected chi connectivity index (χ2v) is 14.9. The number of hydrogen-bond acceptors (Lipinski definition) is 6. The van der Waals surface area contributed by atoms with Gasteiger partial charge >= 0.3 is 0 Å². The standard InChI is InChI=1S/C24H31N5O4Si/c1-7-20(30)26-17-9-8-10-18(13-17)33-21-14-25-23-22(27-21)19(24(31)28(2)3)15-29(23)16-32-11-12-34(4,5)6/h7-10,13-15H,1,11-12,16H2,2-6H3,(H,26,30). The molecule has 1 aromatic carbocycles. The van der Waals surface area contributed by atoms with Crippen molar-refractivity contribution in [3.8, 4) is 11.6 Å². The van der Waals surface area contributed by atoms with Crippen LogP contribution in [0.2, 0.25) is 25.7 Å². The highest BCUT2D eigenvalue weighted by Crippen LogP contribution is 2.26. The van der Waals surface area contributed by atoms with Crippen LogP contribution >= 0.6 is 0 Å². The predicted octanol–water partition coefficient (Wildman–Crippen LogP) is 4.36. The van der Waals surface area contributed by atoms with Crippen molar-refractivity contribution in [2.45, 2.75) is 32.4 Å². The molecule has 0 spiro atoms. The third-order valence-corrected chi connectivity index (χ3v) is 6.62. The summed E-state index contributed by atoms with van der Waals surface area (Å²) in [6.45, 7) is 11.3. The van der Waals surface area contributed by atoms with Gasteiger partial charge < -0.3 is 24.3 Å². The zero-order valence-corrected chi connectivity index (χ0v) is 21.3. The maximum Gasteiger partial charge on any atom is 0.257 e. The Hall–Kier alpha value is -3.50. The third kappa shape index (κ3) is 6.52. The van der Waals surface area contributed by atoms with E-state index in [4.69, 9.17) is 9.47 Å². The molecule has 1 N–H and O–H groups in total. The second kappa shape index (κ2) is 10.6. The molecule has 180 valence electrons. The molecule has 0 aliphatic heterocycles. The Balaban J connectivity index is 1.87. The Kier molecular flexibility index (Phi) is 7.85. The summed E-state index contributed by atoms with van der Waals surface area (Å²) >= 11 is 0. The van der Waals surface area contributed by atoms with Gasteiger partial charge in [0, 0.05) is 46.7 Å². The minimum atomic E-state index is -1.20. The first-order valence-electron chi connectivity index (χ1n) is 10.9. The Morgan fingerprint density at radius 2 is 2.03 bits per heavy atom. The quantitative estimate of drug-likeness (QED) is 0.262. The molecule has 2 aromatic heterocycles. The van der Waals surface area contributed by atoms with E-state index in [1.54, 1.807) is 49.1 Å². The predicted molar refractivity (Wildman–Crippen MR) is 135 cm³/mol. The highest BCUT2D eigenvalue weighted by Gasteiger charge is 2.20. The zero-order chi connectivity index (χ0) is 24.9. The number of carbonyl (C=O) groups excluding carboxylic acids is 2. The molecule has 10 heteroatoms. The van der Waals surface area contributed by atoms with Crippen LogP contribution in [0.25, 0.3) is 11.2 Å². The lowest BCUT2D eigenvalue weighted by Crippen LogP contribution is -2.22. The van der Waals surface area contributed by atoms with Crippen molar-refractivity contribution in [2.75, 3.05) is 26.0 Å². The number of ether oxygens (including phenoxy) is 2. The molecule has 3 rings (SSSR count). The van der Waals surface area contributed by atoms with Gasteiger partial charge in [-0.3, -0.25) is 9.59 Å². The lowest BCUT2D eigenvalue weighted by atomic mass is 10.3. The van der Waals surface area contributed by atoms with Gasteiger partial charge in [-0.05, 0) is 24.3 Å². The fourth-order valence-corrected chi connectivity index (χ4v) is 3.83. The normalized spacial score (nSPS) is 11.3. The van der Waals surface area contributed by atoms with E-state index in [1.807, 2.05) is 0 Å². The summed E-state index contributed by atoms with van der Waals surface area (Å²) in [5.74, 6) is 0.181. The summed E-state index contributed by atoms with van der Waals surface area (Å²) in [4.78, 5) is 34.9. The van der Waals surface area contributed by atoms with Crippen LogP contribution in [-0.4, -0.2) is 60.0 Å². The van der Waals surface area contributed by atoms with E-state index < -0.39 is 8.07 Å². The highest BCUT2D eigenvalue weighted by atomic mass is 28.3. The van der Waals surface area contributed by atoms with Gasteiger partial charge in [0.15, 0.2) is 5.65 Å². The zero-order valence-electron chi connectivity index (χ0n) is 20.3. The molecule has 0 aliphatic carbocycles. The number of nitrogens with zero attached hydrogens (tertiary/aromatic N) is 4. The maximum absolute atomic E-state index is 12.8. The maximum atomic E-state index is 12.8.